The van der Waals surface area contributed by atoms with Gasteiger partial charge in [0.25, 0.3) is 5.91 Å². The van der Waals surface area contributed by atoms with E-state index in [4.69, 9.17) is 4.74 Å². The predicted octanol–water partition coefficient (Wildman–Crippen LogP) is 3.66. The van der Waals surface area contributed by atoms with Crippen molar-refractivity contribution in [3.05, 3.63) is 47.6 Å². The van der Waals surface area contributed by atoms with Gasteiger partial charge in [0.15, 0.2) is 11.4 Å². The van der Waals surface area contributed by atoms with E-state index in [-0.39, 0.29) is 12.0 Å². The van der Waals surface area contributed by atoms with Crippen LogP contribution in [-0.2, 0) is 4.79 Å². The zero-order valence-corrected chi connectivity index (χ0v) is 22.6. The number of aromatic nitrogens is 2. The van der Waals surface area contributed by atoms with Crippen LogP contribution in [0.5, 0.6) is 5.75 Å². The molecule has 194 valence electrons. The van der Waals surface area contributed by atoms with E-state index in [1.165, 1.54) is 0 Å². The Morgan fingerprint density at radius 1 is 1.17 bits per heavy atom. The van der Waals surface area contributed by atoms with Gasteiger partial charge < -0.3 is 24.7 Å². The molecule has 0 spiro atoms. The number of carbonyl (C=O) groups excluding carboxylic acids is 1. The van der Waals surface area contributed by atoms with E-state index < -0.39 is 0 Å². The summed E-state index contributed by atoms with van der Waals surface area (Å²) < 4.78 is 7.99. The molecule has 1 aliphatic carbocycles. The maximum atomic E-state index is 13.4. The zero-order chi connectivity index (χ0) is 26.2. The minimum Gasteiger partial charge on any atom is -0.487 e. The van der Waals surface area contributed by atoms with Crippen LogP contribution >= 0.6 is 0 Å². The van der Waals surface area contributed by atoms with Crippen LogP contribution in [0.25, 0.3) is 5.65 Å². The van der Waals surface area contributed by atoms with E-state index in [0.717, 1.165) is 55.3 Å². The van der Waals surface area contributed by atoms with Crippen LogP contribution in [0.4, 0.5) is 5.69 Å². The van der Waals surface area contributed by atoms with Gasteiger partial charge in [-0.05, 0) is 32.4 Å². The first kappa shape index (κ1) is 27.1. The van der Waals surface area contributed by atoms with Crippen molar-refractivity contribution in [1.82, 2.24) is 19.6 Å². The number of anilines is 1. The topological polar surface area (TPSA) is 95.6 Å². The minimum absolute atomic E-state index is 0.0310. The third-order valence-electron chi connectivity index (χ3n) is 6.08. The van der Waals surface area contributed by atoms with Crippen LogP contribution in [0.2, 0.25) is 0 Å². The first-order valence-electron chi connectivity index (χ1n) is 12.7. The van der Waals surface area contributed by atoms with Gasteiger partial charge in [-0.3, -0.25) is 14.8 Å². The predicted molar refractivity (Wildman–Crippen MR) is 148 cm³/mol. The molecule has 9 nitrogen and oxygen atoms in total. The molecular weight excluding hydrogens is 454 g/mol. The monoisotopic (exact) mass is 493 g/mol. The Kier molecular flexibility index (Phi) is 9.41. The highest BCUT2D eigenvalue weighted by molar-refractivity contribution is 6.59. The summed E-state index contributed by atoms with van der Waals surface area (Å²) in [4.78, 5) is 29.2. The fraction of sp³-hybridized carbons (Fsp3) is 0.481. The number of nitrogens with one attached hydrogen (secondary N) is 2. The fourth-order valence-electron chi connectivity index (χ4n) is 4.20. The van der Waals surface area contributed by atoms with Gasteiger partial charge in [0.2, 0.25) is 0 Å². The maximum absolute atomic E-state index is 13.4. The zero-order valence-electron chi connectivity index (χ0n) is 22.6. The lowest BCUT2D eigenvalue weighted by molar-refractivity contribution is -0.112. The summed E-state index contributed by atoms with van der Waals surface area (Å²) >= 11 is 0. The van der Waals surface area contributed by atoms with Crippen LogP contribution in [0.3, 0.4) is 0 Å². The molecule has 2 aliphatic rings. The number of allylic oxidation sites excluding steroid dienone is 3. The molecule has 2 aromatic rings. The highest BCUT2D eigenvalue weighted by atomic mass is 16.5. The number of hydrogen-bond acceptors (Lipinski definition) is 7. The normalized spacial score (nSPS) is 18.9. The number of aryl methyl sites for hydroxylation is 1. The fourth-order valence-corrected chi connectivity index (χ4v) is 4.20. The van der Waals surface area contributed by atoms with Crippen molar-refractivity contribution in [1.29, 1.82) is 0 Å². The van der Waals surface area contributed by atoms with Crippen molar-refractivity contribution < 1.29 is 9.53 Å². The summed E-state index contributed by atoms with van der Waals surface area (Å²) in [5.74, 6) is 0.391. The second-order valence-corrected chi connectivity index (χ2v) is 8.51. The van der Waals surface area contributed by atoms with E-state index in [1.54, 1.807) is 14.1 Å². The summed E-state index contributed by atoms with van der Waals surface area (Å²) in [6.45, 7) is 13.6. The second kappa shape index (κ2) is 12.5. The smallest absolute Gasteiger partial charge is 0.257 e. The molecule has 9 heteroatoms. The van der Waals surface area contributed by atoms with Gasteiger partial charge in [0.1, 0.15) is 5.71 Å². The number of carbonyl (C=O) groups is 1. The van der Waals surface area contributed by atoms with E-state index in [9.17, 15) is 4.79 Å². The van der Waals surface area contributed by atoms with E-state index in [1.807, 2.05) is 62.7 Å². The van der Waals surface area contributed by atoms with E-state index in [2.05, 4.69) is 37.4 Å². The molecule has 2 aromatic heterocycles. The molecule has 1 fully saturated rings. The maximum Gasteiger partial charge on any atom is 0.257 e. The number of amides is 1. The Balaban J connectivity index is 0.00000176. The van der Waals surface area contributed by atoms with Crippen molar-refractivity contribution >= 4 is 28.7 Å². The van der Waals surface area contributed by atoms with Crippen molar-refractivity contribution in [2.24, 2.45) is 9.98 Å². The molecule has 0 bridgehead atoms. The quantitative estimate of drug-likeness (QED) is 0.599. The van der Waals surface area contributed by atoms with Gasteiger partial charge in [-0.25, -0.2) is 4.98 Å². The lowest BCUT2D eigenvalue weighted by Gasteiger charge is -2.33. The number of fused-ring (bicyclic) bond motifs is 1. The molecule has 0 saturated carbocycles. The Morgan fingerprint density at radius 2 is 1.86 bits per heavy atom. The SMILES string of the molecule is CC.CCC(C)Oc1cc(NC(=O)C2=CC=C(N3CCNCC3)C(=NC)C2=NC)cn2cc(C)nc12. The number of pyridine rings is 1. The van der Waals surface area contributed by atoms with Gasteiger partial charge in [-0.15, -0.1) is 0 Å². The van der Waals surface area contributed by atoms with Crippen molar-refractivity contribution in [2.75, 3.05) is 45.6 Å². The standard InChI is InChI=1S/C25H33N7O2.C2H6/c1-6-17(3)34-21-13-18(15-32-14-16(2)29-24(21)32)30-25(33)19-7-8-20(23(27-5)22(19)26-4)31-11-9-28-10-12-31;1-2/h7-8,13-15,17,28H,6,9-12H2,1-5H3,(H,30,33);1-2H3. The molecular formula is C27H39N7O2. The van der Waals surface area contributed by atoms with E-state index >= 15 is 0 Å². The van der Waals surface area contributed by atoms with Crippen LogP contribution in [0.1, 0.15) is 39.8 Å². The van der Waals surface area contributed by atoms with Gasteiger partial charge in [-0.1, -0.05) is 20.8 Å². The first-order valence-corrected chi connectivity index (χ1v) is 12.7. The molecule has 4 rings (SSSR count). The van der Waals surface area contributed by atoms with Gasteiger partial charge in [0, 0.05) is 58.7 Å². The lowest BCUT2D eigenvalue weighted by atomic mass is 9.95. The molecule has 0 aromatic carbocycles. The summed E-state index contributed by atoms with van der Waals surface area (Å²) in [6.07, 6.45) is 8.46. The number of ether oxygens (including phenoxy) is 1. The van der Waals surface area contributed by atoms with Crippen LogP contribution in [0.15, 0.2) is 51.9 Å². The minimum atomic E-state index is -0.247. The number of nitrogens with zero attached hydrogens (tertiary/aromatic N) is 5. The van der Waals surface area contributed by atoms with Crippen molar-refractivity contribution in [2.45, 2.75) is 47.1 Å². The van der Waals surface area contributed by atoms with Crippen LogP contribution < -0.4 is 15.4 Å². The molecule has 1 atom stereocenters. The molecule has 3 heterocycles. The van der Waals surface area contributed by atoms with Crippen LogP contribution in [0, 0.1) is 6.92 Å². The molecule has 36 heavy (non-hydrogen) atoms. The summed E-state index contributed by atoms with van der Waals surface area (Å²) in [7, 11) is 3.44. The number of aliphatic imine (C=N–C) groups is 2. The van der Waals surface area contributed by atoms with Crippen molar-refractivity contribution in [3.63, 3.8) is 0 Å². The molecule has 0 radical (unpaired) electrons. The Labute approximate surface area is 214 Å². The first-order chi connectivity index (χ1) is 17.4. The highest BCUT2D eigenvalue weighted by Crippen LogP contribution is 2.27. The summed E-state index contributed by atoms with van der Waals surface area (Å²) in [5.41, 5.74) is 5.03. The number of imidazole rings is 1. The van der Waals surface area contributed by atoms with Gasteiger partial charge in [-0.2, -0.15) is 0 Å². The Bertz CT molecular complexity index is 1200. The second-order valence-electron chi connectivity index (χ2n) is 8.51. The number of piperazine rings is 1. The van der Waals surface area contributed by atoms with E-state index in [0.29, 0.717) is 22.7 Å². The third-order valence-corrected chi connectivity index (χ3v) is 6.08. The Hall–Kier alpha value is -3.46. The molecule has 1 aliphatic heterocycles. The molecule has 1 unspecified atom stereocenters. The van der Waals surface area contributed by atoms with Gasteiger partial charge in [0.05, 0.1) is 34.5 Å². The Morgan fingerprint density at radius 3 is 2.50 bits per heavy atom. The molecule has 1 saturated heterocycles. The van der Waals surface area contributed by atoms with Crippen molar-refractivity contribution in [3.8, 4) is 5.75 Å². The lowest BCUT2D eigenvalue weighted by Crippen LogP contribution is -2.46. The average molecular weight is 494 g/mol. The average Bonchev–Trinajstić information content (AvgIpc) is 3.29. The number of hydrogen-bond donors (Lipinski definition) is 2. The third kappa shape index (κ3) is 5.84. The molecule has 1 amide bonds. The highest BCUT2D eigenvalue weighted by Gasteiger charge is 2.29. The molecule has 2 N–H and O–H groups in total. The summed E-state index contributed by atoms with van der Waals surface area (Å²) in [5, 5.41) is 6.39. The summed E-state index contributed by atoms with van der Waals surface area (Å²) in [6, 6.07) is 1.83. The largest absolute Gasteiger partial charge is 0.487 e. The van der Waals surface area contributed by atoms with Gasteiger partial charge >= 0.3 is 0 Å². The number of rotatable bonds is 6. The van der Waals surface area contributed by atoms with Crippen LogP contribution in [-0.4, -0.2) is 78.0 Å².